The van der Waals surface area contributed by atoms with Crippen LogP contribution in [0, 0.1) is 11.5 Å². The van der Waals surface area contributed by atoms with E-state index < -0.39 is 27.6 Å². The first kappa shape index (κ1) is 18.6. The van der Waals surface area contributed by atoms with Crippen LogP contribution in [0.25, 0.3) is 0 Å². The summed E-state index contributed by atoms with van der Waals surface area (Å²) in [4.78, 5) is 4.53. The Bertz CT molecular complexity index is 812. The number of thioether (sulfide) groups is 1. The molecule has 0 bridgehead atoms. The molecule has 0 radical (unpaired) electrons. The van der Waals surface area contributed by atoms with Gasteiger partial charge in [-0.2, -0.15) is 5.26 Å². The van der Waals surface area contributed by atoms with Gasteiger partial charge in [-0.15, -0.1) is 0 Å². The molecule has 1 aromatic rings. The number of ether oxygens (including phenoxy) is 1. The van der Waals surface area contributed by atoms with Gasteiger partial charge in [0.1, 0.15) is 23.5 Å². The first-order chi connectivity index (χ1) is 11.1. The minimum absolute atomic E-state index is 0.121. The van der Waals surface area contributed by atoms with Gasteiger partial charge < -0.3 is 9.84 Å². The fourth-order valence-corrected chi connectivity index (χ4v) is 3.45. The van der Waals surface area contributed by atoms with Gasteiger partial charge in [0.05, 0.1) is 4.90 Å². The van der Waals surface area contributed by atoms with Crippen molar-refractivity contribution in [3.05, 3.63) is 23.8 Å². The summed E-state index contributed by atoms with van der Waals surface area (Å²) >= 11 is 1.22. The Hall–Kier alpha value is -1.76. The van der Waals surface area contributed by atoms with Gasteiger partial charge in [-0.05, 0) is 38.3 Å². The maximum atomic E-state index is 11.8. The molecule has 1 aliphatic heterocycles. The van der Waals surface area contributed by atoms with Gasteiger partial charge in [-0.1, -0.05) is 11.8 Å². The number of rotatable bonds is 2. The van der Waals surface area contributed by atoms with Gasteiger partial charge in [0.15, 0.2) is 21.2 Å². The number of fused-ring (bicyclic) bond motifs is 1. The summed E-state index contributed by atoms with van der Waals surface area (Å²) in [6.07, 6.45) is 3.64. The zero-order valence-corrected chi connectivity index (χ0v) is 15.4. The average molecular weight is 369 g/mol. The average Bonchev–Trinajstić information content (AvgIpc) is 2.49. The molecule has 2 rings (SSSR count). The normalized spacial score (nSPS) is 22.9. The van der Waals surface area contributed by atoms with Crippen LogP contribution in [0.1, 0.15) is 25.5 Å². The first-order valence-corrected chi connectivity index (χ1v) is 10.2. The van der Waals surface area contributed by atoms with Crippen molar-refractivity contribution in [1.82, 2.24) is 5.32 Å². The van der Waals surface area contributed by atoms with E-state index in [4.69, 9.17) is 10.00 Å². The largest absolute Gasteiger partial charge is 0.485 e. The Kier molecular flexibility index (Phi) is 5.13. The second kappa shape index (κ2) is 6.63. The molecule has 0 aromatic heterocycles. The number of nitriles is 1. The van der Waals surface area contributed by atoms with Gasteiger partial charge >= 0.3 is 0 Å². The van der Waals surface area contributed by atoms with Crippen molar-refractivity contribution in [3.63, 3.8) is 0 Å². The summed E-state index contributed by atoms with van der Waals surface area (Å²) in [6, 6.07) is 3.74. The van der Waals surface area contributed by atoms with Crippen LogP contribution in [0.5, 0.6) is 5.75 Å². The number of aliphatic imine (C=N–C) groups is 1. The Morgan fingerprint density at radius 1 is 1.50 bits per heavy atom. The third kappa shape index (κ3) is 3.66. The van der Waals surface area contributed by atoms with Crippen LogP contribution in [-0.2, 0) is 9.84 Å². The fourth-order valence-electron chi connectivity index (χ4n) is 2.43. The van der Waals surface area contributed by atoms with Crippen LogP contribution < -0.4 is 10.1 Å². The molecule has 130 valence electrons. The molecular weight excluding hydrogens is 350 g/mol. The first-order valence-electron chi connectivity index (χ1n) is 7.08. The summed E-state index contributed by atoms with van der Waals surface area (Å²) < 4.78 is 29.4. The van der Waals surface area contributed by atoms with Crippen molar-refractivity contribution in [2.24, 2.45) is 4.99 Å². The lowest BCUT2D eigenvalue weighted by atomic mass is 9.87. The summed E-state index contributed by atoms with van der Waals surface area (Å²) in [7, 11) is -3.41. The number of hydrogen-bond donors (Lipinski definition) is 2. The second-order valence-electron chi connectivity index (χ2n) is 5.94. The summed E-state index contributed by atoms with van der Waals surface area (Å²) in [5.74, 6) is 0.462. The number of benzene rings is 1. The van der Waals surface area contributed by atoms with Gasteiger partial charge in [-0.3, -0.25) is 10.3 Å². The fraction of sp³-hybridized carbons (Fsp3) is 0.467. The highest BCUT2D eigenvalue weighted by atomic mass is 32.2. The topological polar surface area (TPSA) is 112 Å². The molecule has 2 atom stereocenters. The lowest BCUT2D eigenvalue weighted by Crippen LogP contribution is -2.48. The molecule has 1 aliphatic rings. The molecule has 0 aliphatic carbocycles. The summed E-state index contributed by atoms with van der Waals surface area (Å²) in [5, 5.41) is 22.2. The van der Waals surface area contributed by atoms with E-state index in [9.17, 15) is 13.5 Å². The lowest BCUT2D eigenvalue weighted by Gasteiger charge is -2.40. The van der Waals surface area contributed by atoms with Gasteiger partial charge in [0, 0.05) is 11.8 Å². The van der Waals surface area contributed by atoms with Crippen LogP contribution in [-0.4, -0.2) is 42.9 Å². The van der Waals surface area contributed by atoms with E-state index >= 15 is 0 Å². The molecule has 0 saturated carbocycles. The van der Waals surface area contributed by atoms with Gasteiger partial charge in [0.25, 0.3) is 0 Å². The number of amidine groups is 1. The Labute approximate surface area is 145 Å². The molecule has 0 saturated heterocycles. The molecule has 24 heavy (non-hydrogen) atoms. The van der Waals surface area contributed by atoms with E-state index in [1.54, 1.807) is 32.4 Å². The predicted octanol–water partition coefficient (Wildman–Crippen LogP) is 1.45. The lowest BCUT2D eigenvalue weighted by molar-refractivity contribution is -0.0567. The summed E-state index contributed by atoms with van der Waals surface area (Å²) in [5.41, 5.74) is -0.444. The molecule has 0 fully saturated rings. The number of sulfone groups is 1. The second-order valence-corrected chi connectivity index (χ2v) is 8.75. The molecule has 0 spiro atoms. The maximum absolute atomic E-state index is 11.8. The van der Waals surface area contributed by atoms with E-state index in [0.717, 1.165) is 6.26 Å². The molecule has 0 unspecified atom stereocenters. The number of hydrogen-bond acceptors (Lipinski definition) is 7. The smallest absolute Gasteiger partial charge is 0.183 e. The van der Waals surface area contributed by atoms with Crippen molar-refractivity contribution in [2.75, 3.05) is 12.5 Å². The Balaban J connectivity index is 2.63. The number of nitrogens with zero attached hydrogens (tertiary/aromatic N) is 2. The van der Waals surface area contributed by atoms with E-state index in [-0.39, 0.29) is 4.90 Å². The van der Waals surface area contributed by atoms with Crippen molar-refractivity contribution < 1.29 is 18.3 Å². The Morgan fingerprint density at radius 2 is 2.17 bits per heavy atom. The van der Waals surface area contributed by atoms with E-state index in [0.29, 0.717) is 16.5 Å². The van der Waals surface area contributed by atoms with Crippen LogP contribution in [0.4, 0.5) is 0 Å². The minimum Gasteiger partial charge on any atom is -0.485 e. The van der Waals surface area contributed by atoms with Crippen LogP contribution in [0.2, 0.25) is 0 Å². The van der Waals surface area contributed by atoms with Crippen LogP contribution in [0.3, 0.4) is 0 Å². The molecular formula is C15H19N3O4S2. The zero-order chi connectivity index (χ0) is 18.1. The highest BCUT2D eigenvalue weighted by Gasteiger charge is 2.43. The predicted molar refractivity (Wildman–Crippen MR) is 92.7 cm³/mol. The monoisotopic (exact) mass is 369 g/mol. The number of nitrogens with one attached hydrogen (secondary N) is 1. The molecule has 1 aromatic carbocycles. The molecule has 9 heteroatoms. The summed E-state index contributed by atoms with van der Waals surface area (Å²) in [6.45, 7) is 3.45. The van der Waals surface area contributed by atoms with Crippen molar-refractivity contribution in [1.29, 1.82) is 5.26 Å². The van der Waals surface area contributed by atoms with Crippen molar-refractivity contribution >= 4 is 26.8 Å². The van der Waals surface area contributed by atoms with Gasteiger partial charge in [-0.25, -0.2) is 8.42 Å². The molecule has 1 heterocycles. The third-order valence-corrected chi connectivity index (χ3v) is 5.43. The van der Waals surface area contributed by atoms with E-state index in [1.807, 2.05) is 0 Å². The minimum atomic E-state index is -3.41. The van der Waals surface area contributed by atoms with Crippen molar-refractivity contribution in [3.8, 4) is 11.9 Å². The SMILES string of the molecule is CSC(=N[C@H]1c2cc(S(C)(=O)=O)ccc2OC(C)(C)[C@@H]1O)NC#N. The molecule has 0 amide bonds. The molecule has 2 N–H and O–H groups in total. The van der Waals surface area contributed by atoms with Crippen LogP contribution in [0.15, 0.2) is 28.1 Å². The number of aliphatic hydroxyl groups excluding tert-OH is 1. The Morgan fingerprint density at radius 3 is 2.71 bits per heavy atom. The highest BCUT2D eigenvalue weighted by molar-refractivity contribution is 8.13. The highest BCUT2D eigenvalue weighted by Crippen LogP contribution is 2.43. The maximum Gasteiger partial charge on any atom is 0.183 e. The van der Waals surface area contributed by atoms with E-state index in [2.05, 4.69) is 10.3 Å². The molecule has 7 nitrogen and oxygen atoms in total. The van der Waals surface area contributed by atoms with Crippen molar-refractivity contribution in [2.45, 2.75) is 36.5 Å². The van der Waals surface area contributed by atoms with Gasteiger partial charge in [0.2, 0.25) is 0 Å². The third-order valence-electron chi connectivity index (χ3n) is 3.72. The quantitative estimate of drug-likeness (QED) is 0.351. The van der Waals surface area contributed by atoms with E-state index in [1.165, 1.54) is 23.9 Å². The standard InChI is InChI=1S/C15H19N3O4S2/c1-15(2)13(19)12(18-14(23-3)17-8-16)10-7-9(24(4,20)21)5-6-11(10)22-15/h5-7,12-13,19H,1-4H3,(H,17,18)/t12-,13+/m0/s1. The van der Waals surface area contributed by atoms with Crippen LogP contribution >= 0.6 is 11.8 Å². The zero-order valence-electron chi connectivity index (χ0n) is 13.8. The number of aliphatic hydroxyl groups is 1.